The number of carbonyl (C=O) groups excluding carboxylic acids is 4. The minimum atomic E-state index is -0.883. The summed E-state index contributed by atoms with van der Waals surface area (Å²) in [4.78, 5) is 59.1. The lowest BCUT2D eigenvalue weighted by atomic mass is 9.97. The number of hydroxylamine groups is 2. The molecular weight excluding hydrogens is 518 g/mol. The molecule has 5 rings (SSSR count). The maximum atomic E-state index is 14.2. The SMILES string of the molecule is CC(C)(C)ON(C=O)C(Cc1ccccc1)C(=O)c1cn(CCCN2C(=O)c3ccccc3C2=O)c2ccccc12. The number of hydrogen-bond acceptors (Lipinski definition) is 5. The summed E-state index contributed by atoms with van der Waals surface area (Å²) in [5, 5.41) is 1.89. The third kappa shape index (κ3) is 5.83. The summed E-state index contributed by atoms with van der Waals surface area (Å²) in [7, 11) is 0. The Kier molecular flexibility index (Phi) is 7.85. The molecule has 0 radical (unpaired) electrons. The van der Waals surface area contributed by atoms with Crippen molar-refractivity contribution in [2.75, 3.05) is 6.54 Å². The zero-order chi connectivity index (χ0) is 29.1. The summed E-state index contributed by atoms with van der Waals surface area (Å²) in [5.41, 5.74) is 2.41. The van der Waals surface area contributed by atoms with Crippen LogP contribution in [-0.4, -0.2) is 56.7 Å². The fourth-order valence-corrected chi connectivity index (χ4v) is 5.26. The first-order valence-electron chi connectivity index (χ1n) is 13.7. The smallest absolute Gasteiger partial charge is 0.261 e. The van der Waals surface area contributed by atoms with Gasteiger partial charge in [-0.3, -0.25) is 28.9 Å². The third-order valence-corrected chi connectivity index (χ3v) is 7.08. The van der Waals surface area contributed by atoms with Crippen molar-refractivity contribution in [3.8, 4) is 0 Å². The molecule has 210 valence electrons. The Labute approximate surface area is 239 Å². The van der Waals surface area contributed by atoms with Gasteiger partial charge in [-0.15, -0.1) is 0 Å². The molecule has 3 aromatic carbocycles. The normalized spacial score (nSPS) is 13.9. The van der Waals surface area contributed by atoms with Crippen LogP contribution in [0.2, 0.25) is 0 Å². The molecule has 1 aliphatic heterocycles. The number of aryl methyl sites for hydroxylation is 1. The predicted octanol–water partition coefficient (Wildman–Crippen LogP) is 5.31. The number of hydrogen-bond donors (Lipinski definition) is 0. The van der Waals surface area contributed by atoms with Gasteiger partial charge in [-0.1, -0.05) is 60.7 Å². The van der Waals surface area contributed by atoms with Crippen LogP contribution >= 0.6 is 0 Å². The van der Waals surface area contributed by atoms with E-state index in [4.69, 9.17) is 4.84 Å². The summed E-state index contributed by atoms with van der Waals surface area (Å²) >= 11 is 0. The summed E-state index contributed by atoms with van der Waals surface area (Å²) in [6.07, 6.45) is 3.16. The highest BCUT2D eigenvalue weighted by Crippen LogP contribution is 2.27. The van der Waals surface area contributed by atoms with Crippen molar-refractivity contribution in [2.24, 2.45) is 0 Å². The van der Waals surface area contributed by atoms with Crippen LogP contribution in [0.1, 0.15) is 63.8 Å². The van der Waals surface area contributed by atoms with E-state index in [1.807, 2.05) is 79.9 Å². The van der Waals surface area contributed by atoms with Gasteiger partial charge in [0.25, 0.3) is 11.8 Å². The highest BCUT2D eigenvalue weighted by atomic mass is 16.7. The number of ketones is 1. The second-order valence-electron chi connectivity index (χ2n) is 11.2. The fraction of sp³-hybridized carbons (Fsp3) is 0.273. The van der Waals surface area contributed by atoms with Crippen molar-refractivity contribution in [3.05, 3.63) is 107 Å². The van der Waals surface area contributed by atoms with Gasteiger partial charge in [0.05, 0.1) is 16.7 Å². The Morgan fingerprint density at radius 3 is 2.12 bits per heavy atom. The Balaban J connectivity index is 1.41. The van der Waals surface area contributed by atoms with Crippen molar-refractivity contribution in [2.45, 2.75) is 51.8 Å². The number of Topliss-reactive ketones (excluding diaryl/α,β-unsaturated/α-hetero) is 1. The van der Waals surface area contributed by atoms with Crippen LogP contribution in [0.15, 0.2) is 85.1 Å². The molecule has 0 N–H and O–H groups in total. The Bertz CT molecular complexity index is 1570. The molecule has 0 saturated heterocycles. The molecule has 0 saturated carbocycles. The Morgan fingerprint density at radius 1 is 0.878 bits per heavy atom. The zero-order valence-electron chi connectivity index (χ0n) is 23.4. The molecule has 0 fully saturated rings. The van der Waals surface area contributed by atoms with Crippen molar-refractivity contribution >= 4 is 34.9 Å². The van der Waals surface area contributed by atoms with Crippen LogP contribution in [-0.2, 0) is 22.6 Å². The van der Waals surface area contributed by atoms with Crippen LogP contribution in [0.25, 0.3) is 10.9 Å². The fourth-order valence-electron chi connectivity index (χ4n) is 5.26. The largest absolute Gasteiger partial charge is 0.347 e. The van der Waals surface area contributed by atoms with Crippen molar-refractivity contribution in [3.63, 3.8) is 0 Å². The number of carbonyl (C=O) groups is 4. The molecule has 3 amide bonds. The number of aromatic nitrogens is 1. The first kappa shape index (κ1) is 28.0. The number of fused-ring (bicyclic) bond motifs is 2. The van der Waals surface area contributed by atoms with Crippen LogP contribution in [0.5, 0.6) is 0 Å². The van der Waals surface area contributed by atoms with E-state index in [2.05, 4.69) is 0 Å². The quantitative estimate of drug-likeness (QED) is 0.109. The average molecular weight is 552 g/mol. The molecule has 1 aliphatic rings. The van der Waals surface area contributed by atoms with E-state index in [0.717, 1.165) is 21.5 Å². The number of amides is 3. The second kappa shape index (κ2) is 11.5. The molecule has 2 heterocycles. The number of para-hydroxylation sites is 1. The van der Waals surface area contributed by atoms with Gasteiger partial charge in [-0.05, 0) is 51.0 Å². The van der Waals surface area contributed by atoms with Crippen LogP contribution in [0, 0.1) is 0 Å². The van der Waals surface area contributed by atoms with Gasteiger partial charge in [-0.25, -0.2) is 5.06 Å². The first-order chi connectivity index (χ1) is 19.7. The Hall–Kier alpha value is -4.56. The van der Waals surface area contributed by atoms with Gasteiger partial charge in [-0.2, -0.15) is 0 Å². The minimum absolute atomic E-state index is 0.236. The van der Waals surface area contributed by atoms with Crippen LogP contribution in [0.4, 0.5) is 0 Å². The molecule has 0 bridgehead atoms. The monoisotopic (exact) mass is 551 g/mol. The molecule has 4 aromatic rings. The maximum Gasteiger partial charge on any atom is 0.261 e. The molecule has 1 unspecified atom stereocenters. The number of rotatable bonds is 11. The third-order valence-electron chi connectivity index (χ3n) is 7.08. The molecule has 0 spiro atoms. The van der Waals surface area contributed by atoms with E-state index in [1.165, 1.54) is 4.90 Å². The van der Waals surface area contributed by atoms with Gasteiger partial charge in [0.2, 0.25) is 6.41 Å². The summed E-state index contributed by atoms with van der Waals surface area (Å²) in [5.74, 6) is -0.800. The topological polar surface area (TPSA) is 88.9 Å². The lowest BCUT2D eigenvalue weighted by Gasteiger charge is -2.32. The minimum Gasteiger partial charge on any atom is -0.347 e. The van der Waals surface area contributed by atoms with E-state index in [0.29, 0.717) is 36.1 Å². The maximum absolute atomic E-state index is 14.2. The lowest BCUT2D eigenvalue weighted by molar-refractivity contribution is -0.225. The zero-order valence-corrected chi connectivity index (χ0v) is 23.4. The van der Waals surface area contributed by atoms with Crippen molar-refractivity contribution in [1.82, 2.24) is 14.5 Å². The van der Waals surface area contributed by atoms with E-state index < -0.39 is 11.6 Å². The molecule has 8 nitrogen and oxygen atoms in total. The first-order valence-corrected chi connectivity index (χ1v) is 13.7. The van der Waals surface area contributed by atoms with Gasteiger partial charge in [0.15, 0.2) is 5.78 Å². The van der Waals surface area contributed by atoms with Gasteiger partial charge in [0.1, 0.15) is 6.04 Å². The second-order valence-corrected chi connectivity index (χ2v) is 11.2. The predicted molar refractivity (Wildman–Crippen MR) is 155 cm³/mol. The van der Waals surface area contributed by atoms with Crippen LogP contribution in [0.3, 0.4) is 0 Å². The van der Waals surface area contributed by atoms with Gasteiger partial charge < -0.3 is 4.57 Å². The van der Waals surface area contributed by atoms with Crippen molar-refractivity contribution < 1.29 is 24.0 Å². The molecule has 1 aromatic heterocycles. The van der Waals surface area contributed by atoms with Crippen LogP contribution < -0.4 is 0 Å². The van der Waals surface area contributed by atoms with E-state index in [9.17, 15) is 19.2 Å². The number of benzene rings is 3. The molecule has 0 aliphatic carbocycles. The summed E-state index contributed by atoms with van der Waals surface area (Å²) in [6, 6.07) is 23.1. The molecule has 1 atom stereocenters. The molecule has 8 heteroatoms. The van der Waals surface area contributed by atoms with Crippen molar-refractivity contribution in [1.29, 1.82) is 0 Å². The summed E-state index contributed by atoms with van der Waals surface area (Å²) in [6.45, 7) is 6.23. The lowest BCUT2D eigenvalue weighted by Crippen LogP contribution is -2.45. The molecule has 41 heavy (non-hydrogen) atoms. The highest BCUT2D eigenvalue weighted by molar-refractivity contribution is 6.21. The van der Waals surface area contributed by atoms with Gasteiger partial charge >= 0.3 is 0 Å². The van der Waals surface area contributed by atoms with E-state index >= 15 is 0 Å². The highest BCUT2D eigenvalue weighted by Gasteiger charge is 2.35. The summed E-state index contributed by atoms with van der Waals surface area (Å²) < 4.78 is 1.97. The Morgan fingerprint density at radius 2 is 1.49 bits per heavy atom. The standard InChI is InChI=1S/C33H33N3O5/c1-33(2,3)41-36(22-37)29(20-23-12-5-4-6-13-23)30(38)27-21-34(28-17-10-9-14-24(27)28)18-11-19-35-31(39)25-15-7-8-16-26(25)32(35)40/h4-10,12-17,21-22,29H,11,18-20H2,1-3H3. The van der Waals surface area contributed by atoms with E-state index in [1.54, 1.807) is 30.5 Å². The number of nitrogens with zero attached hydrogens (tertiary/aromatic N) is 3. The number of imide groups is 1. The van der Waals surface area contributed by atoms with E-state index in [-0.39, 0.29) is 30.6 Å². The van der Waals surface area contributed by atoms with Gasteiger partial charge in [0, 0.05) is 42.2 Å². The average Bonchev–Trinajstić information content (AvgIpc) is 3.45. The molecular formula is C33H33N3O5.